The van der Waals surface area contributed by atoms with E-state index in [0.717, 1.165) is 22.1 Å². The summed E-state index contributed by atoms with van der Waals surface area (Å²) in [7, 11) is -3.66. The normalized spacial score (nSPS) is 11.7. The molecule has 0 radical (unpaired) electrons. The number of imidazole rings is 1. The van der Waals surface area contributed by atoms with Crippen molar-refractivity contribution in [3.8, 4) is 11.1 Å². The number of aromatic nitrogens is 3. The van der Waals surface area contributed by atoms with Gasteiger partial charge in [-0.15, -0.1) is 4.73 Å². The van der Waals surface area contributed by atoms with Crippen LogP contribution in [0.1, 0.15) is 0 Å². The van der Waals surface area contributed by atoms with Gasteiger partial charge in [0.15, 0.2) is 0 Å². The third-order valence-corrected chi connectivity index (χ3v) is 3.55. The fraction of sp³-hybridized carbons (Fsp3) is 0.0769. The Bertz CT molecular complexity index is 959. The van der Waals surface area contributed by atoms with Gasteiger partial charge in [0, 0.05) is 12.4 Å². The van der Waals surface area contributed by atoms with Gasteiger partial charge in [-0.1, -0.05) is 6.07 Å². The van der Waals surface area contributed by atoms with E-state index >= 15 is 0 Å². The number of nitrogens with one attached hydrogen (secondary N) is 1. The molecule has 0 spiro atoms. The predicted molar refractivity (Wildman–Crippen MR) is 81.8 cm³/mol. The Morgan fingerprint density at radius 2 is 1.90 bits per heavy atom. The first-order valence-corrected chi connectivity index (χ1v) is 8.22. The summed E-state index contributed by atoms with van der Waals surface area (Å²) in [6.45, 7) is 0. The van der Waals surface area contributed by atoms with Crippen LogP contribution in [0.3, 0.4) is 0 Å². The van der Waals surface area contributed by atoms with Crippen LogP contribution in [-0.4, -0.2) is 29.4 Å². The second-order valence-corrected chi connectivity index (χ2v) is 6.42. The molecule has 0 unspecified atom stereocenters. The molecule has 21 heavy (non-hydrogen) atoms. The number of pyridine rings is 1. The second-order valence-electron chi connectivity index (χ2n) is 4.47. The van der Waals surface area contributed by atoms with Crippen LogP contribution < -0.4 is 4.28 Å². The van der Waals surface area contributed by atoms with E-state index in [0.29, 0.717) is 11.0 Å². The van der Waals surface area contributed by atoms with E-state index in [1.807, 2.05) is 24.3 Å². The summed E-state index contributed by atoms with van der Waals surface area (Å²) in [5.41, 5.74) is 3.22. The molecule has 2 aromatic heterocycles. The monoisotopic (exact) mass is 321 g/mol. The molecule has 0 aliphatic heterocycles. The van der Waals surface area contributed by atoms with Crippen LogP contribution in [0.2, 0.25) is 0 Å². The first-order valence-electron chi connectivity index (χ1n) is 5.99. The van der Waals surface area contributed by atoms with Crippen LogP contribution in [0.15, 0.2) is 42.7 Å². The van der Waals surface area contributed by atoms with Gasteiger partial charge in [0.05, 0.1) is 11.8 Å². The Kier molecular flexibility index (Phi) is 3.26. The standard InChI is InChI=1S/C13H11N3O3S2/c1-21(17,18)19-16-12-3-2-10(8-11(12)15-13(16)20)9-4-6-14-7-5-9/h2-8H,1H3,(H,15,20). The highest BCUT2D eigenvalue weighted by Crippen LogP contribution is 2.23. The smallest absolute Gasteiger partial charge is 0.324 e. The summed E-state index contributed by atoms with van der Waals surface area (Å²) in [4.78, 5) is 6.91. The third-order valence-electron chi connectivity index (χ3n) is 2.86. The number of nitrogens with zero attached hydrogens (tertiary/aromatic N) is 2. The van der Waals surface area contributed by atoms with Gasteiger partial charge in [-0.3, -0.25) is 9.27 Å². The zero-order chi connectivity index (χ0) is 15.0. The lowest BCUT2D eigenvalue weighted by Gasteiger charge is -2.04. The Labute approximate surface area is 126 Å². The summed E-state index contributed by atoms with van der Waals surface area (Å²) in [6.07, 6.45) is 4.39. The highest BCUT2D eigenvalue weighted by atomic mass is 32.2. The maximum absolute atomic E-state index is 11.3. The molecule has 0 saturated heterocycles. The van der Waals surface area contributed by atoms with Crippen molar-refractivity contribution >= 4 is 33.4 Å². The van der Waals surface area contributed by atoms with E-state index in [1.54, 1.807) is 18.5 Å². The maximum atomic E-state index is 11.3. The number of benzene rings is 1. The van der Waals surface area contributed by atoms with E-state index in [9.17, 15) is 8.42 Å². The van der Waals surface area contributed by atoms with Gasteiger partial charge >= 0.3 is 10.1 Å². The molecule has 3 aromatic rings. The van der Waals surface area contributed by atoms with Crippen LogP contribution in [0.5, 0.6) is 0 Å². The van der Waals surface area contributed by atoms with Crippen LogP contribution in [0.4, 0.5) is 0 Å². The number of rotatable bonds is 3. The van der Waals surface area contributed by atoms with Crippen molar-refractivity contribution in [3.05, 3.63) is 47.5 Å². The minimum atomic E-state index is -3.66. The van der Waals surface area contributed by atoms with Crippen molar-refractivity contribution in [1.29, 1.82) is 0 Å². The maximum Gasteiger partial charge on any atom is 0.324 e. The quantitative estimate of drug-likeness (QED) is 0.748. The molecule has 1 N–H and O–H groups in total. The van der Waals surface area contributed by atoms with Gasteiger partial charge in [-0.25, -0.2) is 0 Å². The van der Waals surface area contributed by atoms with Gasteiger partial charge in [0.25, 0.3) is 0 Å². The van der Waals surface area contributed by atoms with Crippen molar-refractivity contribution in [2.24, 2.45) is 0 Å². The van der Waals surface area contributed by atoms with Crippen LogP contribution >= 0.6 is 12.2 Å². The number of hydrogen-bond donors (Lipinski definition) is 1. The molecular formula is C13H11N3O3S2. The fourth-order valence-corrected chi connectivity index (χ4v) is 2.74. The molecule has 0 aliphatic carbocycles. The molecule has 6 nitrogen and oxygen atoms in total. The van der Waals surface area contributed by atoms with E-state index in [-0.39, 0.29) is 4.77 Å². The van der Waals surface area contributed by atoms with Crippen molar-refractivity contribution in [2.75, 3.05) is 6.26 Å². The van der Waals surface area contributed by atoms with Crippen molar-refractivity contribution in [3.63, 3.8) is 0 Å². The Balaban J connectivity index is 2.15. The molecule has 1 aromatic carbocycles. The number of fused-ring (bicyclic) bond motifs is 1. The van der Waals surface area contributed by atoms with Gasteiger partial charge in [-0.2, -0.15) is 8.42 Å². The molecule has 0 atom stereocenters. The van der Waals surface area contributed by atoms with E-state index in [1.165, 1.54) is 0 Å². The van der Waals surface area contributed by atoms with Gasteiger partial charge in [0.1, 0.15) is 5.52 Å². The average molecular weight is 321 g/mol. The summed E-state index contributed by atoms with van der Waals surface area (Å²) < 4.78 is 28.7. The van der Waals surface area contributed by atoms with Gasteiger partial charge in [-0.05, 0) is 47.6 Å². The van der Waals surface area contributed by atoms with Crippen LogP contribution in [0, 0.1) is 4.77 Å². The summed E-state index contributed by atoms with van der Waals surface area (Å²) in [5, 5.41) is 0. The SMILES string of the molecule is CS(=O)(=O)On1c(=S)[nH]c2cc(-c3ccncc3)ccc21. The molecule has 0 bridgehead atoms. The summed E-state index contributed by atoms with van der Waals surface area (Å²) >= 11 is 5.09. The van der Waals surface area contributed by atoms with E-state index in [2.05, 4.69) is 9.97 Å². The average Bonchev–Trinajstić information content (AvgIpc) is 2.74. The molecule has 0 aliphatic rings. The van der Waals surface area contributed by atoms with Crippen LogP contribution in [-0.2, 0) is 10.1 Å². The zero-order valence-electron chi connectivity index (χ0n) is 11.0. The van der Waals surface area contributed by atoms with Crippen molar-refractivity contribution in [1.82, 2.24) is 14.7 Å². The third kappa shape index (κ3) is 2.81. The Morgan fingerprint density at radius 3 is 2.57 bits per heavy atom. The van der Waals surface area contributed by atoms with Crippen molar-refractivity contribution in [2.45, 2.75) is 0 Å². The highest BCUT2D eigenvalue weighted by Gasteiger charge is 2.11. The lowest BCUT2D eigenvalue weighted by molar-refractivity contribution is 0.289. The number of hydrogen-bond acceptors (Lipinski definition) is 5. The zero-order valence-corrected chi connectivity index (χ0v) is 12.6. The molecule has 0 fully saturated rings. The number of H-pyrrole nitrogens is 1. The van der Waals surface area contributed by atoms with Gasteiger partial charge < -0.3 is 4.98 Å². The second kappa shape index (κ2) is 4.97. The Morgan fingerprint density at radius 1 is 1.19 bits per heavy atom. The first kappa shape index (κ1) is 13.8. The highest BCUT2D eigenvalue weighted by molar-refractivity contribution is 7.86. The van der Waals surface area contributed by atoms with E-state index in [4.69, 9.17) is 16.5 Å². The van der Waals surface area contributed by atoms with Crippen LogP contribution in [0.25, 0.3) is 22.2 Å². The minimum Gasteiger partial charge on any atom is -0.328 e. The molecule has 108 valence electrons. The minimum absolute atomic E-state index is 0.183. The van der Waals surface area contributed by atoms with E-state index < -0.39 is 10.1 Å². The Hall–Kier alpha value is -2.19. The molecule has 0 saturated carbocycles. The molecule has 0 amide bonds. The first-order chi connectivity index (χ1) is 9.94. The lowest BCUT2D eigenvalue weighted by atomic mass is 10.1. The largest absolute Gasteiger partial charge is 0.328 e. The molecule has 3 rings (SSSR count). The van der Waals surface area contributed by atoms with Gasteiger partial charge in [0.2, 0.25) is 4.77 Å². The molecular weight excluding hydrogens is 310 g/mol. The molecule has 2 heterocycles. The predicted octanol–water partition coefficient (Wildman–Crippen LogP) is 2.15. The summed E-state index contributed by atoms with van der Waals surface area (Å²) in [5.74, 6) is 0. The number of aromatic amines is 1. The fourth-order valence-electron chi connectivity index (χ4n) is 2.02. The molecule has 8 heteroatoms. The topological polar surface area (TPSA) is 77.0 Å². The lowest BCUT2D eigenvalue weighted by Crippen LogP contribution is -2.18. The summed E-state index contributed by atoms with van der Waals surface area (Å²) in [6, 6.07) is 9.27. The van der Waals surface area contributed by atoms with Crippen molar-refractivity contribution < 1.29 is 12.7 Å².